The first-order chi connectivity index (χ1) is 8.61. The topological polar surface area (TPSA) is 21.3 Å². The third kappa shape index (κ3) is 6.21. The summed E-state index contributed by atoms with van der Waals surface area (Å²) in [5, 5.41) is 3.98. The van der Waals surface area contributed by atoms with Crippen LogP contribution in [0.5, 0.6) is 5.75 Å². The highest BCUT2D eigenvalue weighted by Gasteiger charge is 2.03. The van der Waals surface area contributed by atoms with Gasteiger partial charge in [-0.2, -0.15) is 20.5 Å². The summed E-state index contributed by atoms with van der Waals surface area (Å²) >= 11 is 1.85. The second-order valence-corrected chi connectivity index (χ2v) is 5.31. The van der Waals surface area contributed by atoms with Crippen LogP contribution in [0.25, 0.3) is 0 Å². The molecule has 0 aliphatic carbocycles. The van der Waals surface area contributed by atoms with Crippen molar-refractivity contribution in [3.8, 4) is 5.75 Å². The number of hydrogen-bond donors (Lipinski definition) is 1. The average molecular weight is 275 g/mol. The molecule has 0 bridgehead atoms. The highest BCUT2D eigenvalue weighted by molar-refractivity contribution is 7.99. The van der Waals surface area contributed by atoms with Crippen molar-refractivity contribution in [2.24, 2.45) is 0 Å². The van der Waals surface area contributed by atoms with Gasteiger partial charge in [-0.15, -0.1) is 0 Å². The predicted molar refractivity (Wildman–Crippen MR) is 72.4 cm³/mol. The van der Waals surface area contributed by atoms with E-state index in [2.05, 4.69) is 23.2 Å². The number of rotatable bonds is 8. The van der Waals surface area contributed by atoms with Crippen LogP contribution in [-0.2, 0) is 6.54 Å². The van der Waals surface area contributed by atoms with Crippen LogP contribution in [0.1, 0.15) is 18.9 Å². The lowest BCUT2D eigenvalue weighted by Crippen LogP contribution is -2.17. The van der Waals surface area contributed by atoms with Gasteiger partial charge in [0.05, 0.1) is 0 Å². The SMILES string of the molecule is CSC(C)CCNCc1ccc(OC(F)F)cc1. The number of alkyl halides is 2. The summed E-state index contributed by atoms with van der Waals surface area (Å²) in [6.45, 7) is 1.14. The van der Waals surface area contributed by atoms with E-state index in [1.807, 2.05) is 11.8 Å². The van der Waals surface area contributed by atoms with E-state index in [9.17, 15) is 8.78 Å². The highest BCUT2D eigenvalue weighted by Crippen LogP contribution is 2.14. The molecule has 0 aliphatic rings. The van der Waals surface area contributed by atoms with Gasteiger partial charge < -0.3 is 10.1 Å². The minimum absolute atomic E-state index is 0.199. The van der Waals surface area contributed by atoms with Gasteiger partial charge in [-0.1, -0.05) is 19.1 Å². The van der Waals surface area contributed by atoms with Crippen LogP contribution in [-0.4, -0.2) is 24.7 Å². The highest BCUT2D eigenvalue weighted by atomic mass is 32.2. The molecule has 18 heavy (non-hydrogen) atoms. The van der Waals surface area contributed by atoms with Gasteiger partial charge in [0.15, 0.2) is 0 Å². The van der Waals surface area contributed by atoms with E-state index < -0.39 is 6.61 Å². The fourth-order valence-corrected chi connectivity index (χ4v) is 1.80. The first-order valence-electron chi connectivity index (χ1n) is 5.89. The van der Waals surface area contributed by atoms with Crippen molar-refractivity contribution < 1.29 is 13.5 Å². The summed E-state index contributed by atoms with van der Waals surface area (Å²) in [6.07, 6.45) is 3.22. The minimum atomic E-state index is -2.76. The maximum Gasteiger partial charge on any atom is 0.387 e. The molecule has 2 nitrogen and oxygen atoms in total. The Morgan fingerprint density at radius 3 is 2.50 bits per heavy atom. The summed E-state index contributed by atoms with van der Waals surface area (Å²) in [6, 6.07) is 6.72. The lowest BCUT2D eigenvalue weighted by atomic mass is 10.2. The van der Waals surface area contributed by atoms with Gasteiger partial charge in [0.2, 0.25) is 0 Å². The number of benzene rings is 1. The average Bonchev–Trinajstić information content (AvgIpc) is 2.35. The van der Waals surface area contributed by atoms with Gasteiger partial charge in [0.25, 0.3) is 0 Å². The molecule has 0 spiro atoms. The van der Waals surface area contributed by atoms with Gasteiger partial charge in [-0.05, 0) is 36.9 Å². The molecule has 102 valence electrons. The van der Waals surface area contributed by atoms with Gasteiger partial charge in [-0.25, -0.2) is 0 Å². The third-order valence-electron chi connectivity index (χ3n) is 2.61. The van der Waals surface area contributed by atoms with E-state index in [0.717, 1.165) is 25.1 Å². The van der Waals surface area contributed by atoms with Gasteiger partial charge in [0, 0.05) is 11.8 Å². The lowest BCUT2D eigenvalue weighted by molar-refractivity contribution is -0.0498. The molecule has 1 rings (SSSR count). The molecule has 1 aromatic rings. The van der Waals surface area contributed by atoms with E-state index in [-0.39, 0.29) is 5.75 Å². The first kappa shape index (κ1) is 15.2. The maximum atomic E-state index is 11.9. The molecule has 0 aromatic heterocycles. The largest absolute Gasteiger partial charge is 0.435 e. The summed E-state index contributed by atoms with van der Waals surface area (Å²) in [5.41, 5.74) is 1.06. The number of nitrogens with one attached hydrogen (secondary N) is 1. The predicted octanol–water partition coefficient (Wildman–Crippen LogP) is 3.52. The van der Waals surface area contributed by atoms with E-state index in [1.165, 1.54) is 0 Å². The van der Waals surface area contributed by atoms with Crippen LogP contribution in [0.2, 0.25) is 0 Å². The van der Waals surface area contributed by atoms with Crippen molar-refractivity contribution in [1.82, 2.24) is 5.32 Å². The fourth-order valence-electron chi connectivity index (χ4n) is 1.44. The molecule has 0 fully saturated rings. The van der Waals surface area contributed by atoms with Gasteiger partial charge in [0.1, 0.15) is 5.75 Å². The quantitative estimate of drug-likeness (QED) is 0.733. The molecule has 1 unspecified atom stereocenters. The van der Waals surface area contributed by atoms with E-state index >= 15 is 0 Å². The standard InChI is InChI=1S/C13H19F2NOS/c1-10(18-2)7-8-16-9-11-3-5-12(6-4-11)17-13(14)15/h3-6,10,13,16H,7-9H2,1-2H3. The van der Waals surface area contributed by atoms with E-state index in [4.69, 9.17) is 0 Å². The molecule has 0 amide bonds. The van der Waals surface area contributed by atoms with Crippen molar-refractivity contribution in [2.75, 3.05) is 12.8 Å². The monoisotopic (exact) mass is 275 g/mol. The van der Waals surface area contributed by atoms with Crippen molar-refractivity contribution >= 4 is 11.8 Å². The zero-order valence-corrected chi connectivity index (χ0v) is 11.5. The van der Waals surface area contributed by atoms with Crippen molar-refractivity contribution in [1.29, 1.82) is 0 Å². The Bertz CT molecular complexity index is 332. The van der Waals surface area contributed by atoms with Gasteiger partial charge in [-0.3, -0.25) is 0 Å². The number of thioether (sulfide) groups is 1. The van der Waals surface area contributed by atoms with Crippen LogP contribution >= 0.6 is 11.8 Å². The summed E-state index contributed by atoms with van der Waals surface area (Å²) in [7, 11) is 0. The minimum Gasteiger partial charge on any atom is -0.435 e. The third-order valence-corrected chi connectivity index (χ3v) is 3.65. The second-order valence-electron chi connectivity index (χ2n) is 4.03. The molecule has 1 aromatic carbocycles. The van der Waals surface area contributed by atoms with Crippen LogP contribution in [0.15, 0.2) is 24.3 Å². The van der Waals surface area contributed by atoms with Crippen molar-refractivity contribution in [2.45, 2.75) is 31.8 Å². The Morgan fingerprint density at radius 1 is 1.28 bits per heavy atom. The molecule has 1 atom stereocenters. The zero-order valence-electron chi connectivity index (χ0n) is 10.7. The summed E-state index contributed by atoms with van der Waals surface area (Å²) in [5.74, 6) is 0.199. The van der Waals surface area contributed by atoms with E-state index in [1.54, 1.807) is 24.3 Å². The molecular formula is C13H19F2NOS. The van der Waals surface area contributed by atoms with Crippen molar-refractivity contribution in [3.63, 3.8) is 0 Å². The Labute approximate surface area is 111 Å². The smallest absolute Gasteiger partial charge is 0.387 e. The molecule has 1 N–H and O–H groups in total. The Hall–Kier alpha value is -0.810. The van der Waals surface area contributed by atoms with E-state index in [0.29, 0.717) is 5.25 Å². The van der Waals surface area contributed by atoms with Crippen LogP contribution < -0.4 is 10.1 Å². The normalized spacial score (nSPS) is 12.7. The molecule has 0 saturated carbocycles. The Balaban J connectivity index is 2.26. The summed E-state index contributed by atoms with van der Waals surface area (Å²) in [4.78, 5) is 0. The number of ether oxygens (including phenoxy) is 1. The number of hydrogen-bond acceptors (Lipinski definition) is 3. The van der Waals surface area contributed by atoms with Gasteiger partial charge >= 0.3 is 6.61 Å². The molecule has 0 radical (unpaired) electrons. The van der Waals surface area contributed by atoms with Crippen LogP contribution in [0.3, 0.4) is 0 Å². The van der Waals surface area contributed by atoms with Crippen molar-refractivity contribution in [3.05, 3.63) is 29.8 Å². The molecule has 0 heterocycles. The second kappa shape index (κ2) is 8.32. The first-order valence-corrected chi connectivity index (χ1v) is 7.18. The zero-order chi connectivity index (χ0) is 13.4. The molecule has 0 aliphatic heterocycles. The number of halogens is 2. The molecular weight excluding hydrogens is 256 g/mol. The summed E-state index contributed by atoms with van der Waals surface area (Å²) < 4.78 is 28.2. The van der Waals surface area contributed by atoms with Crippen LogP contribution in [0, 0.1) is 0 Å². The lowest BCUT2D eigenvalue weighted by Gasteiger charge is -2.09. The molecule has 5 heteroatoms. The fraction of sp³-hybridized carbons (Fsp3) is 0.538. The molecule has 0 saturated heterocycles. The Morgan fingerprint density at radius 2 is 1.94 bits per heavy atom. The maximum absolute atomic E-state index is 11.9. The van der Waals surface area contributed by atoms with Crippen LogP contribution in [0.4, 0.5) is 8.78 Å². The Kier molecular flexibility index (Phi) is 7.05.